The van der Waals surface area contributed by atoms with Crippen LogP contribution in [0.15, 0.2) is 4.52 Å². The summed E-state index contributed by atoms with van der Waals surface area (Å²) in [4.78, 5) is 17.9. The van der Waals surface area contributed by atoms with Crippen LogP contribution in [-0.2, 0) is 4.74 Å². The maximum Gasteiger partial charge on any atom is 0.329 e. The van der Waals surface area contributed by atoms with Crippen molar-refractivity contribution in [3.63, 3.8) is 0 Å². The normalized spacial score (nSPS) is 24.1. The van der Waals surface area contributed by atoms with E-state index in [1.807, 2.05) is 0 Å². The zero-order valence-corrected chi connectivity index (χ0v) is 11.0. The largest absolute Gasteiger partial charge is 0.379 e. The van der Waals surface area contributed by atoms with Gasteiger partial charge in [-0.25, -0.2) is 4.79 Å². The number of rotatable bonds is 2. The highest BCUT2D eigenvalue weighted by molar-refractivity contribution is 5.87. The number of carbonyl (C=O) groups excluding carboxylic acids is 1. The van der Waals surface area contributed by atoms with E-state index in [0.717, 1.165) is 19.1 Å². The Bertz CT molecular complexity index is 458. The first kappa shape index (κ1) is 12.4. The molecule has 1 atom stereocenters. The van der Waals surface area contributed by atoms with Gasteiger partial charge in [-0.1, -0.05) is 5.16 Å². The smallest absolute Gasteiger partial charge is 0.329 e. The van der Waals surface area contributed by atoms with Crippen molar-refractivity contribution in [2.45, 2.75) is 19.8 Å². The summed E-state index contributed by atoms with van der Waals surface area (Å²) < 4.78 is 10.5. The molecule has 1 saturated carbocycles. The molecule has 104 valence electrons. The van der Waals surface area contributed by atoms with Gasteiger partial charge in [0.15, 0.2) is 5.82 Å². The second-order valence-electron chi connectivity index (χ2n) is 5.20. The van der Waals surface area contributed by atoms with E-state index in [1.165, 1.54) is 12.8 Å². The molecule has 0 bridgehead atoms. The number of urea groups is 1. The number of anilines is 1. The maximum absolute atomic E-state index is 12.1. The number of nitrogens with one attached hydrogen (secondary N) is 1. The molecule has 1 aliphatic carbocycles. The van der Waals surface area contributed by atoms with Crippen LogP contribution in [0.4, 0.5) is 10.8 Å². The monoisotopic (exact) mass is 266 g/mol. The third-order valence-electron chi connectivity index (χ3n) is 3.61. The fourth-order valence-corrected chi connectivity index (χ4v) is 2.39. The molecule has 1 unspecified atom stereocenters. The number of amides is 2. The van der Waals surface area contributed by atoms with Gasteiger partial charge >= 0.3 is 12.0 Å². The van der Waals surface area contributed by atoms with E-state index >= 15 is 0 Å². The van der Waals surface area contributed by atoms with Crippen molar-refractivity contribution >= 4 is 12.0 Å². The van der Waals surface area contributed by atoms with Crippen LogP contribution in [0.1, 0.15) is 18.7 Å². The van der Waals surface area contributed by atoms with Gasteiger partial charge in [0.1, 0.15) is 0 Å². The van der Waals surface area contributed by atoms with E-state index in [1.54, 1.807) is 11.8 Å². The molecule has 1 saturated heterocycles. The van der Waals surface area contributed by atoms with Gasteiger partial charge in [-0.15, -0.1) is 0 Å². The average molecular weight is 266 g/mol. The van der Waals surface area contributed by atoms with Gasteiger partial charge in [-0.2, -0.15) is 4.98 Å². The molecule has 1 aliphatic heterocycles. The molecule has 2 fully saturated rings. The van der Waals surface area contributed by atoms with E-state index in [0.29, 0.717) is 24.9 Å². The molecule has 0 spiro atoms. The second-order valence-corrected chi connectivity index (χ2v) is 5.20. The molecule has 0 radical (unpaired) electrons. The molecule has 3 rings (SSSR count). The number of hydrogen-bond acceptors (Lipinski definition) is 5. The van der Waals surface area contributed by atoms with E-state index in [9.17, 15) is 4.79 Å². The van der Waals surface area contributed by atoms with Gasteiger partial charge in [0, 0.05) is 19.0 Å². The SMILES string of the molecule is Cc1noc(NC(=O)N2CCOCC(C3CC3)C2)n1. The molecular weight excluding hydrogens is 248 g/mol. The summed E-state index contributed by atoms with van der Waals surface area (Å²) in [7, 11) is 0. The summed E-state index contributed by atoms with van der Waals surface area (Å²) in [5.41, 5.74) is 0. The summed E-state index contributed by atoms with van der Waals surface area (Å²) in [5.74, 6) is 1.68. The lowest BCUT2D eigenvalue weighted by Gasteiger charge is -2.22. The lowest BCUT2D eigenvalue weighted by Crippen LogP contribution is -2.39. The number of ether oxygens (including phenoxy) is 1. The first-order valence-corrected chi connectivity index (χ1v) is 6.66. The quantitative estimate of drug-likeness (QED) is 0.871. The minimum Gasteiger partial charge on any atom is -0.379 e. The van der Waals surface area contributed by atoms with Crippen molar-refractivity contribution in [3.05, 3.63) is 5.82 Å². The summed E-state index contributed by atoms with van der Waals surface area (Å²) in [6.07, 6.45) is 2.51. The molecule has 1 N–H and O–H groups in total. The molecule has 7 heteroatoms. The van der Waals surface area contributed by atoms with Crippen molar-refractivity contribution in [2.75, 3.05) is 31.6 Å². The van der Waals surface area contributed by atoms with Crippen molar-refractivity contribution < 1.29 is 14.1 Å². The Morgan fingerprint density at radius 2 is 2.26 bits per heavy atom. The van der Waals surface area contributed by atoms with Crippen LogP contribution < -0.4 is 5.32 Å². The van der Waals surface area contributed by atoms with Crippen LogP contribution >= 0.6 is 0 Å². The van der Waals surface area contributed by atoms with Crippen molar-refractivity contribution in [1.29, 1.82) is 0 Å². The van der Waals surface area contributed by atoms with Crippen molar-refractivity contribution in [3.8, 4) is 0 Å². The van der Waals surface area contributed by atoms with Crippen LogP contribution in [0.2, 0.25) is 0 Å². The topological polar surface area (TPSA) is 80.5 Å². The standard InChI is InChI=1S/C12H18N4O3/c1-8-13-11(19-15-8)14-12(17)16-4-5-18-7-10(6-16)9-2-3-9/h9-10H,2-7H2,1H3,(H,13,14,15,17). The number of nitrogens with zero attached hydrogens (tertiary/aromatic N) is 3. The Balaban J connectivity index is 1.60. The van der Waals surface area contributed by atoms with Crippen molar-refractivity contribution in [1.82, 2.24) is 15.0 Å². The van der Waals surface area contributed by atoms with E-state index < -0.39 is 0 Å². The van der Waals surface area contributed by atoms with Gasteiger partial charge in [0.2, 0.25) is 0 Å². The molecule has 2 amide bonds. The molecule has 2 aliphatic rings. The average Bonchev–Trinajstić information content (AvgIpc) is 3.17. The molecule has 7 nitrogen and oxygen atoms in total. The third-order valence-corrected chi connectivity index (χ3v) is 3.61. The van der Waals surface area contributed by atoms with Crippen LogP contribution in [-0.4, -0.2) is 47.4 Å². The number of carbonyl (C=O) groups is 1. The zero-order chi connectivity index (χ0) is 13.2. The van der Waals surface area contributed by atoms with Gasteiger partial charge in [-0.05, 0) is 25.7 Å². The third kappa shape index (κ3) is 3.04. The van der Waals surface area contributed by atoms with Gasteiger partial charge in [0.05, 0.1) is 13.2 Å². The zero-order valence-electron chi connectivity index (χ0n) is 11.0. The summed E-state index contributed by atoms with van der Waals surface area (Å²) in [5, 5.41) is 6.27. The number of aryl methyl sites for hydroxylation is 1. The Morgan fingerprint density at radius 3 is 2.95 bits per heavy atom. The minimum atomic E-state index is -0.195. The van der Waals surface area contributed by atoms with Crippen molar-refractivity contribution in [2.24, 2.45) is 11.8 Å². The fourth-order valence-electron chi connectivity index (χ4n) is 2.39. The summed E-state index contributed by atoms with van der Waals surface area (Å²) >= 11 is 0. The molecule has 0 aromatic carbocycles. The first-order chi connectivity index (χ1) is 9.22. The maximum atomic E-state index is 12.1. The Labute approximate surface area is 111 Å². The Morgan fingerprint density at radius 1 is 1.42 bits per heavy atom. The second kappa shape index (κ2) is 5.16. The molecular formula is C12H18N4O3. The van der Waals surface area contributed by atoms with Gasteiger partial charge in [-0.3, -0.25) is 5.32 Å². The Kier molecular flexibility index (Phi) is 3.37. The number of hydrogen-bond donors (Lipinski definition) is 1. The molecule has 19 heavy (non-hydrogen) atoms. The van der Waals surface area contributed by atoms with Crippen LogP contribution in [0.25, 0.3) is 0 Å². The van der Waals surface area contributed by atoms with Gasteiger partial charge in [0.25, 0.3) is 0 Å². The van der Waals surface area contributed by atoms with E-state index in [-0.39, 0.29) is 12.0 Å². The first-order valence-electron chi connectivity index (χ1n) is 6.66. The van der Waals surface area contributed by atoms with Crippen LogP contribution in [0.5, 0.6) is 0 Å². The minimum absolute atomic E-state index is 0.149. The highest BCUT2D eigenvalue weighted by Crippen LogP contribution is 2.38. The molecule has 1 aromatic rings. The van der Waals surface area contributed by atoms with Gasteiger partial charge < -0.3 is 14.2 Å². The fraction of sp³-hybridized carbons (Fsp3) is 0.750. The predicted octanol–water partition coefficient (Wildman–Crippen LogP) is 1.27. The summed E-state index contributed by atoms with van der Waals surface area (Å²) in [6.45, 7) is 4.39. The highest BCUT2D eigenvalue weighted by atomic mass is 16.5. The summed E-state index contributed by atoms with van der Waals surface area (Å²) in [6, 6.07) is -0.0459. The number of aromatic nitrogens is 2. The highest BCUT2D eigenvalue weighted by Gasteiger charge is 2.35. The predicted molar refractivity (Wildman–Crippen MR) is 66.7 cm³/mol. The van der Waals surface area contributed by atoms with Crippen LogP contribution in [0, 0.1) is 18.8 Å². The lowest BCUT2D eigenvalue weighted by atomic mass is 10.1. The van der Waals surface area contributed by atoms with E-state index in [4.69, 9.17) is 9.26 Å². The van der Waals surface area contributed by atoms with E-state index in [2.05, 4.69) is 15.5 Å². The Hall–Kier alpha value is -1.63. The molecule has 1 aromatic heterocycles. The molecule has 2 heterocycles. The van der Waals surface area contributed by atoms with Crippen LogP contribution in [0.3, 0.4) is 0 Å². The lowest BCUT2D eigenvalue weighted by molar-refractivity contribution is 0.116.